The van der Waals surface area contributed by atoms with Crippen LogP contribution in [0, 0.1) is 23.2 Å². The Bertz CT molecular complexity index is 1540. The molecule has 0 spiro atoms. The molecule has 36 heavy (non-hydrogen) atoms. The van der Waals surface area contributed by atoms with E-state index in [1.807, 2.05) is 56.3 Å². The molecule has 1 aliphatic rings. The fourth-order valence-corrected chi connectivity index (χ4v) is 3.85. The van der Waals surface area contributed by atoms with E-state index < -0.39 is 0 Å². The molecule has 0 unspecified atom stereocenters. The summed E-state index contributed by atoms with van der Waals surface area (Å²) in [7, 11) is 0. The quantitative estimate of drug-likeness (QED) is 0.379. The highest BCUT2D eigenvalue weighted by molar-refractivity contribution is 5.98. The average molecular weight is 479 g/mol. The topological polar surface area (TPSA) is 98.5 Å². The molecule has 0 bridgehead atoms. The average Bonchev–Trinajstić information content (AvgIpc) is 3.40. The van der Waals surface area contributed by atoms with Gasteiger partial charge in [0.2, 0.25) is 6.79 Å². The van der Waals surface area contributed by atoms with Crippen molar-refractivity contribution < 1.29 is 18.9 Å². The molecule has 1 N–H and O–H groups in total. The van der Waals surface area contributed by atoms with Crippen molar-refractivity contribution >= 4 is 22.3 Å². The van der Waals surface area contributed by atoms with Crippen molar-refractivity contribution in [2.75, 3.05) is 25.3 Å². The van der Waals surface area contributed by atoms with Crippen LogP contribution in [-0.2, 0) is 0 Å². The van der Waals surface area contributed by atoms with Gasteiger partial charge >= 0.3 is 0 Å². The maximum absolute atomic E-state index is 9.82. The van der Waals surface area contributed by atoms with Gasteiger partial charge in [0, 0.05) is 23.8 Å². The zero-order valence-corrected chi connectivity index (χ0v) is 19.8. The maximum atomic E-state index is 9.82. The first-order chi connectivity index (χ1) is 17.7. The zero-order chi connectivity index (χ0) is 24.9. The third-order valence-corrected chi connectivity index (χ3v) is 5.42. The van der Waals surface area contributed by atoms with Crippen LogP contribution < -0.4 is 24.3 Å². The van der Waals surface area contributed by atoms with Crippen molar-refractivity contribution in [2.45, 2.75) is 13.8 Å². The molecular weight excluding hydrogens is 456 g/mol. The van der Waals surface area contributed by atoms with Gasteiger partial charge in [-0.2, -0.15) is 5.26 Å². The Kier molecular flexibility index (Phi) is 6.42. The number of nitriles is 1. The molecule has 0 saturated carbocycles. The van der Waals surface area contributed by atoms with Crippen LogP contribution in [0.2, 0.25) is 0 Å². The third-order valence-electron chi connectivity index (χ3n) is 5.42. The van der Waals surface area contributed by atoms with Gasteiger partial charge in [-0.1, -0.05) is 12.0 Å². The normalized spacial score (nSPS) is 11.4. The minimum absolute atomic E-state index is 0.0701. The lowest BCUT2D eigenvalue weighted by Gasteiger charge is -2.16. The molecule has 0 saturated heterocycles. The number of rotatable bonds is 6. The highest BCUT2D eigenvalue weighted by atomic mass is 16.7. The van der Waals surface area contributed by atoms with E-state index in [2.05, 4.69) is 33.2 Å². The van der Waals surface area contributed by atoms with Crippen molar-refractivity contribution in [3.63, 3.8) is 0 Å². The number of hydrogen-bond donors (Lipinski definition) is 1. The van der Waals surface area contributed by atoms with E-state index in [-0.39, 0.29) is 6.79 Å². The first-order valence-electron chi connectivity index (χ1n) is 11.5. The molecule has 0 amide bonds. The second-order valence-corrected chi connectivity index (χ2v) is 7.66. The SMILES string of the molecule is CCOc1cc2ncc(C#N)c(Nc3ccc(C#Cc4ccccn4)c4c3OCO4)c2cc1OCC. The largest absolute Gasteiger partial charge is 0.490 e. The molecule has 0 aliphatic carbocycles. The van der Waals surface area contributed by atoms with Gasteiger partial charge in [0.1, 0.15) is 11.8 Å². The summed E-state index contributed by atoms with van der Waals surface area (Å²) in [6, 6.07) is 15.1. The van der Waals surface area contributed by atoms with E-state index in [1.54, 1.807) is 6.20 Å². The van der Waals surface area contributed by atoms with Crippen LogP contribution in [0.15, 0.2) is 54.9 Å². The summed E-state index contributed by atoms with van der Waals surface area (Å²) in [5, 5.41) is 13.9. The van der Waals surface area contributed by atoms with Crippen molar-refractivity contribution in [1.82, 2.24) is 9.97 Å². The van der Waals surface area contributed by atoms with Crippen LogP contribution in [0.3, 0.4) is 0 Å². The third kappa shape index (κ3) is 4.40. The molecule has 2 aromatic heterocycles. The van der Waals surface area contributed by atoms with E-state index in [4.69, 9.17) is 18.9 Å². The molecule has 3 heterocycles. The molecule has 0 atom stereocenters. The number of ether oxygens (including phenoxy) is 4. The van der Waals surface area contributed by atoms with Crippen LogP contribution in [0.5, 0.6) is 23.0 Å². The van der Waals surface area contributed by atoms with Gasteiger partial charge in [0.05, 0.1) is 41.2 Å². The lowest BCUT2D eigenvalue weighted by molar-refractivity contribution is 0.174. The highest BCUT2D eigenvalue weighted by Crippen LogP contribution is 2.44. The number of hydrogen-bond acceptors (Lipinski definition) is 8. The molecule has 4 aromatic rings. The Labute approximate surface area is 208 Å². The Morgan fingerprint density at radius 2 is 1.75 bits per heavy atom. The van der Waals surface area contributed by atoms with Gasteiger partial charge in [0.25, 0.3) is 0 Å². The van der Waals surface area contributed by atoms with Gasteiger partial charge in [0.15, 0.2) is 23.0 Å². The molecule has 1 aliphatic heterocycles. The fourth-order valence-electron chi connectivity index (χ4n) is 3.85. The van der Waals surface area contributed by atoms with E-state index in [0.717, 1.165) is 0 Å². The predicted octanol–water partition coefficient (Wildman–Crippen LogP) is 5.17. The molecule has 0 radical (unpaired) electrons. The Morgan fingerprint density at radius 1 is 0.944 bits per heavy atom. The number of nitrogens with zero attached hydrogens (tertiary/aromatic N) is 3. The van der Waals surface area contributed by atoms with Crippen molar-refractivity contribution in [3.8, 4) is 40.9 Å². The highest BCUT2D eigenvalue weighted by Gasteiger charge is 2.23. The summed E-state index contributed by atoms with van der Waals surface area (Å²) in [6.07, 6.45) is 3.23. The Hall–Kier alpha value is -4.95. The van der Waals surface area contributed by atoms with Crippen LogP contribution in [0.25, 0.3) is 10.9 Å². The summed E-state index contributed by atoms with van der Waals surface area (Å²) >= 11 is 0. The Balaban J connectivity index is 1.58. The number of pyridine rings is 2. The summed E-state index contributed by atoms with van der Waals surface area (Å²) in [4.78, 5) is 8.69. The van der Waals surface area contributed by atoms with E-state index in [9.17, 15) is 5.26 Å². The lowest BCUT2D eigenvalue weighted by atomic mass is 10.1. The summed E-state index contributed by atoms with van der Waals surface area (Å²) < 4.78 is 23.1. The molecule has 2 aromatic carbocycles. The second kappa shape index (κ2) is 10.1. The van der Waals surface area contributed by atoms with Crippen LogP contribution >= 0.6 is 0 Å². The minimum Gasteiger partial charge on any atom is -0.490 e. The van der Waals surface area contributed by atoms with Gasteiger partial charge in [-0.15, -0.1) is 0 Å². The molecule has 5 rings (SSSR count). The van der Waals surface area contributed by atoms with E-state index >= 15 is 0 Å². The summed E-state index contributed by atoms with van der Waals surface area (Å²) in [6.45, 7) is 4.85. The fraction of sp³-hybridized carbons (Fsp3) is 0.179. The smallest absolute Gasteiger partial charge is 0.231 e. The number of aromatic nitrogens is 2. The van der Waals surface area contributed by atoms with Gasteiger partial charge in [-0.25, -0.2) is 4.98 Å². The molecule has 8 nitrogen and oxygen atoms in total. The van der Waals surface area contributed by atoms with Crippen LogP contribution in [0.1, 0.15) is 30.7 Å². The van der Waals surface area contributed by atoms with Crippen molar-refractivity contribution in [1.29, 1.82) is 5.26 Å². The first kappa shape index (κ1) is 22.8. The van der Waals surface area contributed by atoms with Gasteiger partial charge < -0.3 is 24.3 Å². The Morgan fingerprint density at radius 3 is 2.50 bits per heavy atom. The van der Waals surface area contributed by atoms with E-state index in [1.165, 1.54) is 6.20 Å². The molecule has 0 fully saturated rings. The predicted molar refractivity (Wildman–Crippen MR) is 135 cm³/mol. The summed E-state index contributed by atoms with van der Waals surface area (Å²) in [5.41, 5.74) is 3.60. The molecule has 178 valence electrons. The van der Waals surface area contributed by atoms with Crippen molar-refractivity contribution in [2.24, 2.45) is 0 Å². The maximum Gasteiger partial charge on any atom is 0.231 e. The second-order valence-electron chi connectivity index (χ2n) is 7.66. The molecule has 8 heteroatoms. The minimum atomic E-state index is 0.0701. The monoisotopic (exact) mass is 478 g/mol. The van der Waals surface area contributed by atoms with Gasteiger partial charge in [-0.3, -0.25) is 4.98 Å². The molecular formula is C28H22N4O4. The zero-order valence-electron chi connectivity index (χ0n) is 19.8. The number of anilines is 2. The number of benzene rings is 2. The first-order valence-corrected chi connectivity index (χ1v) is 11.5. The van der Waals surface area contributed by atoms with Crippen LogP contribution in [0.4, 0.5) is 11.4 Å². The summed E-state index contributed by atoms with van der Waals surface area (Å²) in [5.74, 6) is 8.39. The van der Waals surface area contributed by atoms with Crippen molar-refractivity contribution in [3.05, 3.63) is 71.7 Å². The van der Waals surface area contributed by atoms with Crippen LogP contribution in [-0.4, -0.2) is 30.0 Å². The number of nitrogens with one attached hydrogen (secondary N) is 1. The standard InChI is InChI=1S/C28H22N4O4/c1-3-33-24-13-21-23(14-25(24)34-4-2)31-16-19(15-29)26(21)32-22-11-9-18(27-28(22)36-17-35-27)8-10-20-7-5-6-12-30-20/h5-7,9,11-14,16H,3-4,17H2,1-2H3,(H,31,32). The number of fused-ring (bicyclic) bond motifs is 2. The van der Waals surface area contributed by atoms with E-state index in [0.29, 0.717) is 75.3 Å². The lowest BCUT2D eigenvalue weighted by Crippen LogP contribution is -2.02. The van der Waals surface area contributed by atoms with Gasteiger partial charge in [-0.05, 0) is 50.1 Å².